The molecule has 2 N–H and O–H groups in total. The number of nitrogens with zero attached hydrogens (tertiary/aromatic N) is 2. The molecule has 170 valence electrons. The maximum Gasteiger partial charge on any atom is 0.416 e. The van der Waals surface area contributed by atoms with Crippen molar-refractivity contribution in [1.82, 2.24) is 9.88 Å². The van der Waals surface area contributed by atoms with Crippen LogP contribution < -0.4 is 4.74 Å². The summed E-state index contributed by atoms with van der Waals surface area (Å²) >= 11 is 0. The van der Waals surface area contributed by atoms with Crippen LogP contribution in [0.15, 0.2) is 30.3 Å². The van der Waals surface area contributed by atoms with Gasteiger partial charge < -0.3 is 19.8 Å². The van der Waals surface area contributed by atoms with Gasteiger partial charge in [-0.1, -0.05) is 0 Å². The van der Waals surface area contributed by atoms with Crippen molar-refractivity contribution >= 4 is 5.91 Å². The summed E-state index contributed by atoms with van der Waals surface area (Å²) in [6.45, 7) is 0.0240. The summed E-state index contributed by atoms with van der Waals surface area (Å²) < 4.78 is 83.6. The van der Waals surface area contributed by atoms with Crippen molar-refractivity contribution < 1.29 is 46.1 Å². The zero-order valence-corrected chi connectivity index (χ0v) is 16.3. The van der Waals surface area contributed by atoms with Gasteiger partial charge in [-0.25, -0.2) is 4.98 Å². The van der Waals surface area contributed by atoms with Gasteiger partial charge in [-0.3, -0.25) is 4.79 Å². The minimum Gasteiger partial charge on any atom is -0.496 e. The number of ether oxygens (including phenoxy) is 1. The lowest BCUT2D eigenvalue weighted by Gasteiger charge is -2.28. The Bertz CT molecular complexity index is 914. The van der Waals surface area contributed by atoms with E-state index in [-0.39, 0.29) is 17.5 Å². The van der Waals surface area contributed by atoms with Crippen molar-refractivity contribution in [2.45, 2.75) is 31.9 Å². The number of alkyl halides is 6. The van der Waals surface area contributed by atoms with E-state index in [9.17, 15) is 41.4 Å². The number of carbonyl (C=O) groups is 1. The van der Waals surface area contributed by atoms with Gasteiger partial charge >= 0.3 is 12.4 Å². The summed E-state index contributed by atoms with van der Waals surface area (Å²) in [4.78, 5) is 17.3. The Kier molecular flexibility index (Phi) is 7.04. The van der Waals surface area contributed by atoms with Gasteiger partial charge in [0.25, 0.3) is 5.91 Å². The first-order valence-corrected chi connectivity index (χ1v) is 8.71. The summed E-state index contributed by atoms with van der Waals surface area (Å²) in [5.74, 6) is -1.48. The van der Waals surface area contributed by atoms with Crippen molar-refractivity contribution in [2.24, 2.45) is 0 Å². The number of benzene rings is 1. The second-order valence-electron chi connectivity index (χ2n) is 6.63. The van der Waals surface area contributed by atoms with Gasteiger partial charge in [0, 0.05) is 18.7 Å². The molecule has 0 aliphatic carbocycles. The molecule has 31 heavy (non-hydrogen) atoms. The number of aliphatic hydroxyl groups is 1. The number of aliphatic hydroxyl groups excluding tert-OH is 1. The molecule has 0 aliphatic heterocycles. The quantitative estimate of drug-likeness (QED) is 0.651. The summed E-state index contributed by atoms with van der Waals surface area (Å²) in [5, 5.41) is 19.1. The number of aromatic nitrogens is 1. The van der Waals surface area contributed by atoms with E-state index in [1.165, 1.54) is 14.0 Å². The third-order valence-corrected chi connectivity index (χ3v) is 4.30. The molecule has 0 saturated heterocycles. The van der Waals surface area contributed by atoms with Crippen LogP contribution in [0.25, 0.3) is 0 Å². The first-order chi connectivity index (χ1) is 14.3. The van der Waals surface area contributed by atoms with Gasteiger partial charge in [0.1, 0.15) is 11.4 Å². The Hall–Kier alpha value is -3.02. The SMILES string of the molecule is COc1cc(O)nc(C(=O)N(Cc2cc(C(F)(F)F)cc(C(F)(F)F)c2)C(C)CO)c1. The maximum atomic E-state index is 13.1. The smallest absolute Gasteiger partial charge is 0.416 e. The molecule has 0 bridgehead atoms. The molecule has 2 aromatic rings. The predicted octanol–water partition coefficient (Wildman–Crippen LogP) is 3.86. The highest BCUT2D eigenvalue weighted by Gasteiger charge is 2.37. The molecule has 1 aromatic heterocycles. The Morgan fingerprint density at radius 3 is 2.06 bits per heavy atom. The van der Waals surface area contributed by atoms with E-state index < -0.39 is 60.0 Å². The zero-order valence-electron chi connectivity index (χ0n) is 16.3. The van der Waals surface area contributed by atoms with Crippen LogP contribution in [0.3, 0.4) is 0 Å². The predicted molar refractivity (Wildman–Crippen MR) is 95.3 cm³/mol. The second kappa shape index (κ2) is 9.00. The molecule has 0 radical (unpaired) electrons. The van der Waals surface area contributed by atoms with Gasteiger partial charge in [-0.15, -0.1) is 0 Å². The fourth-order valence-corrected chi connectivity index (χ4v) is 2.70. The largest absolute Gasteiger partial charge is 0.496 e. The summed E-state index contributed by atoms with van der Waals surface area (Å²) in [5.41, 5.74) is -3.89. The highest BCUT2D eigenvalue weighted by atomic mass is 19.4. The minimum absolute atomic E-state index is 0.0210. The van der Waals surface area contributed by atoms with E-state index in [4.69, 9.17) is 4.74 Å². The van der Waals surface area contributed by atoms with E-state index in [1.54, 1.807) is 0 Å². The van der Waals surface area contributed by atoms with Crippen molar-refractivity contribution in [2.75, 3.05) is 13.7 Å². The Morgan fingerprint density at radius 1 is 1.06 bits per heavy atom. The van der Waals surface area contributed by atoms with Crippen LogP contribution in [-0.4, -0.2) is 45.8 Å². The van der Waals surface area contributed by atoms with E-state index in [1.807, 2.05) is 0 Å². The third kappa shape index (κ3) is 6.00. The molecule has 12 heteroatoms. The highest BCUT2D eigenvalue weighted by Crippen LogP contribution is 2.36. The lowest BCUT2D eigenvalue weighted by molar-refractivity contribution is -0.143. The topological polar surface area (TPSA) is 82.9 Å². The second-order valence-corrected chi connectivity index (χ2v) is 6.63. The summed E-state index contributed by atoms with van der Waals surface area (Å²) in [6, 6.07) is 2.20. The molecule has 1 heterocycles. The lowest BCUT2D eigenvalue weighted by atomic mass is 10.0. The average molecular weight is 452 g/mol. The molecule has 0 saturated carbocycles. The minimum atomic E-state index is -5.05. The molecular formula is C19H18F6N2O4. The van der Waals surface area contributed by atoms with Crippen molar-refractivity contribution in [3.8, 4) is 11.6 Å². The Morgan fingerprint density at radius 2 is 1.61 bits per heavy atom. The first kappa shape index (κ1) is 24.3. The van der Waals surface area contributed by atoms with Gasteiger partial charge in [0.15, 0.2) is 0 Å². The number of halogens is 6. The van der Waals surface area contributed by atoms with Gasteiger partial charge in [-0.05, 0) is 30.7 Å². The highest BCUT2D eigenvalue weighted by molar-refractivity contribution is 5.93. The third-order valence-electron chi connectivity index (χ3n) is 4.30. The van der Waals surface area contributed by atoms with E-state index in [0.717, 1.165) is 17.0 Å². The molecule has 1 aromatic carbocycles. The van der Waals surface area contributed by atoms with Crippen molar-refractivity contribution in [3.63, 3.8) is 0 Å². The molecule has 2 rings (SSSR count). The average Bonchev–Trinajstić information content (AvgIpc) is 2.68. The van der Waals surface area contributed by atoms with Crippen LogP contribution in [0, 0.1) is 0 Å². The van der Waals surface area contributed by atoms with Gasteiger partial charge in [0.05, 0.1) is 30.9 Å². The number of hydrogen-bond donors (Lipinski definition) is 2. The van der Waals surface area contributed by atoms with Crippen LogP contribution in [0.1, 0.15) is 34.1 Å². The zero-order chi connectivity index (χ0) is 23.6. The van der Waals surface area contributed by atoms with Crippen LogP contribution >= 0.6 is 0 Å². The summed E-state index contributed by atoms with van der Waals surface area (Å²) in [6.07, 6.45) is -10.1. The number of carbonyl (C=O) groups excluding carboxylic acids is 1. The normalized spacial score (nSPS) is 13.1. The number of pyridine rings is 1. The van der Waals surface area contributed by atoms with Crippen molar-refractivity contribution in [1.29, 1.82) is 0 Å². The molecule has 1 amide bonds. The standard InChI is InChI=1S/C19H18F6N2O4/c1-10(9-28)27(17(30)15-6-14(31-2)7-16(29)26-15)8-11-3-12(18(20,21)22)5-13(4-11)19(23,24)25/h3-7,10,28H,8-9H2,1-2H3,(H,26,29). The number of aromatic hydroxyl groups is 1. The number of amides is 1. The monoisotopic (exact) mass is 452 g/mol. The van der Waals surface area contributed by atoms with E-state index >= 15 is 0 Å². The van der Waals surface area contributed by atoms with Crippen LogP contribution in [0.5, 0.6) is 11.6 Å². The molecule has 0 aliphatic rings. The Labute approximate surface area is 172 Å². The van der Waals surface area contributed by atoms with E-state index in [2.05, 4.69) is 4.98 Å². The van der Waals surface area contributed by atoms with Crippen LogP contribution in [0.4, 0.5) is 26.3 Å². The van der Waals surface area contributed by atoms with Crippen LogP contribution in [0.2, 0.25) is 0 Å². The van der Waals surface area contributed by atoms with Gasteiger partial charge in [-0.2, -0.15) is 26.3 Å². The van der Waals surface area contributed by atoms with E-state index in [0.29, 0.717) is 12.1 Å². The number of hydrogen-bond acceptors (Lipinski definition) is 5. The number of methoxy groups -OCH3 is 1. The van der Waals surface area contributed by atoms with Crippen molar-refractivity contribution in [3.05, 3.63) is 52.7 Å². The lowest BCUT2D eigenvalue weighted by Crippen LogP contribution is -2.40. The maximum absolute atomic E-state index is 13.1. The molecule has 6 nitrogen and oxygen atoms in total. The van der Waals surface area contributed by atoms with Crippen LogP contribution in [-0.2, 0) is 18.9 Å². The Balaban J connectivity index is 2.52. The molecule has 0 fully saturated rings. The molecule has 1 unspecified atom stereocenters. The number of rotatable bonds is 6. The fourth-order valence-electron chi connectivity index (χ4n) is 2.70. The summed E-state index contributed by atoms with van der Waals surface area (Å²) in [7, 11) is 1.25. The molecule has 0 spiro atoms. The fraction of sp³-hybridized carbons (Fsp3) is 0.368. The molecule has 1 atom stereocenters. The van der Waals surface area contributed by atoms with Gasteiger partial charge in [0.2, 0.25) is 5.88 Å². The molecular weight excluding hydrogens is 434 g/mol. The first-order valence-electron chi connectivity index (χ1n) is 8.71.